The second-order valence-corrected chi connectivity index (χ2v) is 5.35. The lowest BCUT2D eigenvalue weighted by atomic mass is 10.2. The maximum Gasteiger partial charge on any atom is 0.240 e. The third-order valence-electron chi connectivity index (χ3n) is 3.60. The number of hydrogen-bond donors (Lipinski definition) is 2. The molecule has 0 saturated carbocycles. The van der Waals surface area contributed by atoms with Gasteiger partial charge in [-0.05, 0) is 18.7 Å². The molecule has 2 N–H and O–H groups in total. The first-order chi connectivity index (χ1) is 11.8. The molecular weight excluding hydrogens is 300 g/mol. The van der Waals surface area contributed by atoms with Crippen molar-refractivity contribution in [2.45, 2.75) is 6.92 Å². The van der Waals surface area contributed by atoms with Crippen LogP contribution >= 0.6 is 0 Å². The molecule has 3 aromatic rings. The first-order valence-electron chi connectivity index (χ1n) is 7.98. The Morgan fingerprint density at radius 3 is 2.38 bits per heavy atom. The lowest BCUT2D eigenvalue weighted by Crippen LogP contribution is -2.28. The third-order valence-corrected chi connectivity index (χ3v) is 3.60. The molecule has 1 heterocycles. The summed E-state index contributed by atoms with van der Waals surface area (Å²) in [6.07, 6.45) is 1.94. The van der Waals surface area contributed by atoms with Gasteiger partial charge in [-0.2, -0.15) is 0 Å². The minimum atomic E-state index is -0.112. The quantitative estimate of drug-likeness (QED) is 0.734. The zero-order valence-electron chi connectivity index (χ0n) is 13.6. The number of likely N-dealkylation sites (N-methyl/N-ethyl adjacent to an activating group) is 1. The van der Waals surface area contributed by atoms with Gasteiger partial charge in [0, 0.05) is 17.4 Å². The highest BCUT2D eigenvalue weighted by molar-refractivity contribution is 5.91. The third kappa shape index (κ3) is 3.70. The van der Waals surface area contributed by atoms with Gasteiger partial charge in [-0.1, -0.05) is 55.5 Å². The van der Waals surface area contributed by atoms with Crippen LogP contribution in [0.25, 0.3) is 16.9 Å². The summed E-state index contributed by atoms with van der Waals surface area (Å²) < 4.78 is 1.90. The van der Waals surface area contributed by atoms with E-state index in [2.05, 4.69) is 15.6 Å². The fraction of sp³-hybridized carbons (Fsp3) is 0.158. The van der Waals surface area contributed by atoms with Crippen molar-refractivity contribution in [2.24, 2.45) is 0 Å². The molecule has 0 aliphatic carbocycles. The number of anilines is 1. The van der Waals surface area contributed by atoms with E-state index in [-0.39, 0.29) is 12.5 Å². The number of nitrogens with zero attached hydrogens (tertiary/aromatic N) is 2. The number of rotatable bonds is 6. The molecule has 0 fully saturated rings. The molecule has 0 spiro atoms. The van der Waals surface area contributed by atoms with Crippen molar-refractivity contribution in [3.63, 3.8) is 0 Å². The van der Waals surface area contributed by atoms with E-state index in [0.717, 1.165) is 23.5 Å². The first-order valence-corrected chi connectivity index (χ1v) is 7.98. The molecule has 0 radical (unpaired) electrons. The molecule has 3 rings (SSSR count). The van der Waals surface area contributed by atoms with Crippen LogP contribution < -0.4 is 10.6 Å². The van der Waals surface area contributed by atoms with E-state index in [1.165, 1.54) is 0 Å². The Hall–Kier alpha value is -2.92. The fourth-order valence-electron chi connectivity index (χ4n) is 2.41. The Bertz CT molecular complexity index is 797. The normalized spacial score (nSPS) is 10.5. The Morgan fingerprint density at radius 2 is 1.71 bits per heavy atom. The van der Waals surface area contributed by atoms with Crippen LogP contribution in [0.1, 0.15) is 6.92 Å². The van der Waals surface area contributed by atoms with Gasteiger partial charge in [-0.15, -0.1) is 0 Å². The first kappa shape index (κ1) is 16.0. The lowest BCUT2D eigenvalue weighted by molar-refractivity contribution is -0.115. The zero-order chi connectivity index (χ0) is 16.8. The molecule has 122 valence electrons. The maximum absolute atomic E-state index is 12.1. The highest BCUT2D eigenvalue weighted by Gasteiger charge is 2.13. The molecular formula is C19H20N4O. The molecule has 24 heavy (non-hydrogen) atoms. The fourth-order valence-corrected chi connectivity index (χ4v) is 2.41. The van der Waals surface area contributed by atoms with Gasteiger partial charge in [0.1, 0.15) is 0 Å². The summed E-state index contributed by atoms with van der Waals surface area (Å²) in [5, 5.41) is 5.90. The minimum absolute atomic E-state index is 0.112. The van der Waals surface area contributed by atoms with Gasteiger partial charge in [0.25, 0.3) is 0 Å². The molecule has 2 aromatic carbocycles. The van der Waals surface area contributed by atoms with Crippen molar-refractivity contribution in [1.29, 1.82) is 0 Å². The number of hydrogen-bond acceptors (Lipinski definition) is 3. The van der Waals surface area contributed by atoms with Gasteiger partial charge in [0.05, 0.1) is 12.2 Å². The molecule has 5 heteroatoms. The van der Waals surface area contributed by atoms with Crippen LogP contribution in [0.4, 0.5) is 5.95 Å². The molecule has 1 amide bonds. The summed E-state index contributed by atoms with van der Waals surface area (Å²) in [5.41, 5.74) is 2.78. The predicted octanol–water partition coefficient (Wildman–Crippen LogP) is 3.09. The zero-order valence-corrected chi connectivity index (χ0v) is 13.6. The molecule has 0 atom stereocenters. The largest absolute Gasteiger partial charge is 0.309 e. The van der Waals surface area contributed by atoms with Crippen molar-refractivity contribution in [3.05, 3.63) is 66.9 Å². The second-order valence-electron chi connectivity index (χ2n) is 5.35. The van der Waals surface area contributed by atoms with E-state index in [1.54, 1.807) is 0 Å². The number of imidazole rings is 1. The maximum atomic E-state index is 12.1. The van der Waals surface area contributed by atoms with Crippen molar-refractivity contribution in [3.8, 4) is 16.9 Å². The number of nitrogens with one attached hydrogen (secondary N) is 2. The molecule has 0 saturated heterocycles. The van der Waals surface area contributed by atoms with Crippen molar-refractivity contribution in [2.75, 3.05) is 18.4 Å². The Balaban J connectivity index is 1.96. The molecule has 0 unspecified atom stereocenters. The Morgan fingerprint density at radius 1 is 1.04 bits per heavy atom. The summed E-state index contributed by atoms with van der Waals surface area (Å²) in [6, 6.07) is 19.8. The number of carbonyl (C=O) groups excluding carboxylic acids is 1. The Labute approximate surface area is 141 Å². The van der Waals surface area contributed by atoms with E-state index in [9.17, 15) is 4.79 Å². The van der Waals surface area contributed by atoms with Crippen LogP contribution in [0.15, 0.2) is 66.9 Å². The lowest BCUT2D eigenvalue weighted by Gasteiger charge is -2.08. The van der Waals surface area contributed by atoms with Gasteiger partial charge >= 0.3 is 0 Å². The molecule has 0 aliphatic rings. The van der Waals surface area contributed by atoms with Gasteiger partial charge in [-0.3, -0.25) is 14.7 Å². The summed E-state index contributed by atoms with van der Waals surface area (Å²) in [5.74, 6) is 0.405. The van der Waals surface area contributed by atoms with Gasteiger partial charge in [0.15, 0.2) is 0 Å². The van der Waals surface area contributed by atoms with Crippen molar-refractivity contribution in [1.82, 2.24) is 14.9 Å². The van der Waals surface area contributed by atoms with Crippen LogP contribution in [0.5, 0.6) is 0 Å². The summed E-state index contributed by atoms with van der Waals surface area (Å²) in [7, 11) is 0. The van der Waals surface area contributed by atoms with E-state index >= 15 is 0 Å². The summed E-state index contributed by atoms with van der Waals surface area (Å²) >= 11 is 0. The van der Waals surface area contributed by atoms with Crippen LogP contribution in [-0.2, 0) is 4.79 Å². The molecule has 0 aliphatic heterocycles. The van der Waals surface area contributed by atoms with Gasteiger partial charge in [-0.25, -0.2) is 4.98 Å². The van der Waals surface area contributed by atoms with E-state index in [0.29, 0.717) is 5.95 Å². The number of carbonyl (C=O) groups is 1. The highest BCUT2D eigenvalue weighted by Crippen LogP contribution is 2.24. The monoisotopic (exact) mass is 320 g/mol. The number of para-hydroxylation sites is 1. The predicted molar refractivity (Wildman–Crippen MR) is 96.2 cm³/mol. The molecule has 5 nitrogen and oxygen atoms in total. The van der Waals surface area contributed by atoms with E-state index in [4.69, 9.17) is 0 Å². The molecule has 1 aromatic heterocycles. The molecule has 0 bridgehead atoms. The highest BCUT2D eigenvalue weighted by atomic mass is 16.2. The van der Waals surface area contributed by atoms with Crippen LogP contribution in [0.3, 0.4) is 0 Å². The van der Waals surface area contributed by atoms with Crippen LogP contribution in [0.2, 0.25) is 0 Å². The number of amides is 1. The number of aromatic nitrogens is 2. The topological polar surface area (TPSA) is 59.0 Å². The van der Waals surface area contributed by atoms with Crippen LogP contribution in [-0.4, -0.2) is 28.5 Å². The number of benzene rings is 2. The average Bonchev–Trinajstić information content (AvgIpc) is 3.05. The summed E-state index contributed by atoms with van der Waals surface area (Å²) in [4.78, 5) is 16.7. The van der Waals surface area contributed by atoms with Crippen LogP contribution in [0, 0.1) is 0 Å². The standard InChI is InChI=1S/C19H20N4O/c1-2-20-13-18(24)22-19-21-17(15-9-5-3-6-10-15)14-23(19)16-11-7-4-8-12-16/h3-12,14,20H,2,13H2,1H3,(H,21,22,24). The second kappa shape index (κ2) is 7.57. The van der Waals surface area contributed by atoms with Crippen molar-refractivity contribution >= 4 is 11.9 Å². The smallest absolute Gasteiger partial charge is 0.240 e. The van der Waals surface area contributed by atoms with Gasteiger partial charge < -0.3 is 5.32 Å². The van der Waals surface area contributed by atoms with E-state index in [1.807, 2.05) is 78.4 Å². The van der Waals surface area contributed by atoms with Gasteiger partial charge in [0.2, 0.25) is 11.9 Å². The SMILES string of the molecule is CCNCC(=O)Nc1nc(-c2ccccc2)cn1-c1ccccc1. The van der Waals surface area contributed by atoms with E-state index < -0.39 is 0 Å². The Kier molecular flexibility index (Phi) is 5.03. The van der Waals surface area contributed by atoms with Crippen molar-refractivity contribution < 1.29 is 4.79 Å². The average molecular weight is 320 g/mol. The summed E-state index contributed by atoms with van der Waals surface area (Å²) in [6.45, 7) is 2.97. The minimum Gasteiger partial charge on any atom is -0.309 e.